The Balaban J connectivity index is 2.36. The van der Waals surface area contributed by atoms with Crippen LogP contribution in [0.25, 0.3) is 10.9 Å². The van der Waals surface area contributed by atoms with Crippen LogP contribution in [0, 0.1) is 6.92 Å². The van der Waals surface area contributed by atoms with Gasteiger partial charge in [0.1, 0.15) is 0 Å². The number of unbranched alkanes of at least 4 members (excludes halogenated alkanes) is 1. The molecule has 2 nitrogen and oxygen atoms in total. The van der Waals surface area contributed by atoms with Crippen molar-refractivity contribution in [1.29, 1.82) is 0 Å². The molecule has 0 spiro atoms. The van der Waals surface area contributed by atoms with E-state index in [0.717, 1.165) is 30.2 Å². The molecule has 1 heterocycles. The molecule has 0 amide bonds. The lowest BCUT2D eigenvalue weighted by molar-refractivity contribution is 0.824. The van der Waals surface area contributed by atoms with E-state index in [1.54, 1.807) is 0 Å². The summed E-state index contributed by atoms with van der Waals surface area (Å²) < 4.78 is 0. The highest BCUT2D eigenvalue weighted by molar-refractivity contribution is 5.90. The molecule has 72 valence electrons. The number of H-pyrrole nitrogens is 1. The zero-order valence-corrected chi connectivity index (χ0v) is 8.14. The molecule has 0 saturated heterocycles. The van der Waals surface area contributed by atoms with Crippen molar-refractivity contribution in [3.8, 4) is 0 Å². The first kappa shape index (κ1) is 9.13. The van der Waals surface area contributed by atoms with E-state index in [2.05, 4.69) is 18.0 Å². The van der Waals surface area contributed by atoms with E-state index in [4.69, 9.17) is 5.73 Å². The van der Waals surface area contributed by atoms with Crippen LogP contribution in [0.3, 0.4) is 0 Å². The Kier molecular flexibility index (Phi) is 2.44. The normalized spacial score (nSPS) is 10.9. The quantitative estimate of drug-likeness (QED) is 0.764. The number of aromatic nitrogens is 1. The Hall–Kier alpha value is -1.44. The fraction of sp³-hybridized carbons (Fsp3) is 0.250. The van der Waals surface area contributed by atoms with Gasteiger partial charge in [0.2, 0.25) is 0 Å². The van der Waals surface area contributed by atoms with Crippen molar-refractivity contribution in [3.05, 3.63) is 36.9 Å². The molecule has 0 atom stereocenters. The molecule has 1 aromatic heterocycles. The van der Waals surface area contributed by atoms with Gasteiger partial charge in [-0.1, -0.05) is 19.4 Å². The average molecular weight is 186 g/mol. The number of hydrogen-bond acceptors (Lipinski definition) is 0. The van der Waals surface area contributed by atoms with Crippen molar-refractivity contribution in [1.82, 2.24) is 10.7 Å². The summed E-state index contributed by atoms with van der Waals surface area (Å²) in [6.45, 7) is 3.82. The molecular weight excluding hydrogens is 172 g/mol. The van der Waals surface area contributed by atoms with Crippen LogP contribution < -0.4 is 5.73 Å². The van der Waals surface area contributed by atoms with Gasteiger partial charge in [-0.2, -0.15) is 0 Å². The highest BCUT2D eigenvalue weighted by Crippen LogP contribution is 2.23. The molecule has 0 saturated carbocycles. The van der Waals surface area contributed by atoms with Gasteiger partial charge in [0.25, 0.3) is 0 Å². The number of aryl methyl sites for hydroxylation is 1. The maximum Gasteiger partial charge on any atom is 0.0633 e. The number of benzene rings is 1. The monoisotopic (exact) mass is 186 g/mol. The lowest BCUT2D eigenvalue weighted by Crippen LogP contribution is -1.82. The molecular formula is C12H14N2. The number of nitrogens with one attached hydrogen (secondary N) is 2. The lowest BCUT2D eigenvalue weighted by Gasteiger charge is -1.92. The molecule has 2 aromatic rings. The molecule has 2 N–H and O–H groups in total. The summed E-state index contributed by atoms with van der Waals surface area (Å²) in [4.78, 5) is 3.32. The predicted octanol–water partition coefficient (Wildman–Crippen LogP) is 3.24. The minimum absolute atomic E-state index is 0.597. The summed E-state index contributed by atoms with van der Waals surface area (Å²) in [6.07, 6.45) is 3.08. The van der Waals surface area contributed by atoms with E-state index in [9.17, 15) is 0 Å². The molecule has 1 aromatic carbocycles. The van der Waals surface area contributed by atoms with Crippen LogP contribution in [-0.2, 0) is 6.42 Å². The van der Waals surface area contributed by atoms with Crippen LogP contribution >= 0.6 is 0 Å². The van der Waals surface area contributed by atoms with E-state index < -0.39 is 0 Å². The molecule has 0 aliphatic rings. The molecule has 14 heavy (non-hydrogen) atoms. The van der Waals surface area contributed by atoms with E-state index in [1.807, 2.05) is 18.2 Å². The highest BCUT2D eigenvalue weighted by Gasteiger charge is 2.02. The fourth-order valence-electron chi connectivity index (χ4n) is 1.66. The second kappa shape index (κ2) is 3.74. The topological polar surface area (TPSA) is 39.6 Å². The molecule has 2 radical (unpaired) electrons. The van der Waals surface area contributed by atoms with Gasteiger partial charge in [0.15, 0.2) is 0 Å². The third kappa shape index (κ3) is 1.60. The number of rotatable bonds is 3. The Morgan fingerprint density at radius 2 is 2.21 bits per heavy atom. The van der Waals surface area contributed by atoms with Crippen molar-refractivity contribution in [2.45, 2.75) is 19.3 Å². The first-order chi connectivity index (χ1) is 6.81. The van der Waals surface area contributed by atoms with Gasteiger partial charge in [0, 0.05) is 16.6 Å². The van der Waals surface area contributed by atoms with Crippen LogP contribution in [0.2, 0.25) is 0 Å². The van der Waals surface area contributed by atoms with Crippen LogP contribution in [-0.4, -0.2) is 4.98 Å². The van der Waals surface area contributed by atoms with Crippen molar-refractivity contribution in [2.24, 2.45) is 0 Å². The minimum atomic E-state index is 0.597. The van der Waals surface area contributed by atoms with Crippen LogP contribution in [0.1, 0.15) is 18.5 Å². The second-order valence-electron chi connectivity index (χ2n) is 3.52. The number of aromatic amines is 1. The summed E-state index contributed by atoms with van der Waals surface area (Å²) in [5.41, 5.74) is 10.6. The van der Waals surface area contributed by atoms with E-state index in [-0.39, 0.29) is 0 Å². The van der Waals surface area contributed by atoms with Crippen LogP contribution in [0.5, 0.6) is 0 Å². The Morgan fingerprint density at radius 1 is 1.36 bits per heavy atom. The molecule has 0 fully saturated rings. The zero-order chi connectivity index (χ0) is 9.97. The molecule has 0 unspecified atom stereocenters. The smallest absolute Gasteiger partial charge is 0.0633 e. The largest absolute Gasteiger partial charge is 0.358 e. The molecule has 0 bridgehead atoms. The third-order valence-corrected chi connectivity index (χ3v) is 2.42. The lowest BCUT2D eigenvalue weighted by atomic mass is 10.2. The van der Waals surface area contributed by atoms with Crippen molar-refractivity contribution in [2.75, 3.05) is 0 Å². The first-order valence-corrected chi connectivity index (χ1v) is 4.92. The highest BCUT2D eigenvalue weighted by atomic mass is 14.7. The number of fused-ring (bicyclic) bond motifs is 1. The standard InChI is InChI=1S/C12H14N2/c1-2-3-5-9-8-10-11(13)6-4-7-12(10)14-9/h4,6-8,13-14H,1-3,5H2. The van der Waals surface area contributed by atoms with Crippen molar-refractivity contribution in [3.63, 3.8) is 0 Å². The van der Waals surface area contributed by atoms with Gasteiger partial charge < -0.3 is 10.7 Å². The minimum Gasteiger partial charge on any atom is -0.358 e. The Bertz CT molecular complexity index is 429. The fourth-order valence-corrected chi connectivity index (χ4v) is 1.66. The van der Waals surface area contributed by atoms with Gasteiger partial charge in [-0.15, -0.1) is 0 Å². The van der Waals surface area contributed by atoms with Crippen molar-refractivity contribution < 1.29 is 0 Å². The summed E-state index contributed by atoms with van der Waals surface area (Å²) >= 11 is 0. The first-order valence-electron chi connectivity index (χ1n) is 4.92. The van der Waals surface area contributed by atoms with E-state index in [1.165, 1.54) is 5.69 Å². The van der Waals surface area contributed by atoms with Crippen LogP contribution in [0.4, 0.5) is 5.69 Å². The summed E-state index contributed by atoms with van der Waals surface area (Å²) in [5, 5.41) is 1.02. The molecule has 0 aliphatic carbocycles. The second-order valence-corrected chi connectivity index (χ2v) is 3.52. The molecule has 2 rings (SSSR count). The van der Waals surface area contributed by atoms with Gasteiger partial charge in [-0.3, -0.25) is 0 Å². The van der Waals surface area contributed by atoms with E-state index >= 15 is 0 Å². The third-order valence-electron chi connectivity index (χ3n) is 2.42. The SMILES string of the molecule is [CH2]CCCc1cc2c([NH])cccc2[nH]1. The van der Waals surface area contributed by atoms with Crippen LogP contribution in [0.15, 0.2) is 24.3 Å². The maximum absolute atomic E-state index is 7.72. The summed E-state index contributed by atoms with van der Waals surface area (Å²) in [5.74, 6) is 0. The Labute approximate surface area is 84.1 Å². The summed E-state index contributed by atoms with van der Waals surface area (Å²) in [6, 6.07) is 7.82. The van der Waals surface area contributed by atoms with Gasteiger partial charge in [0.05, 0.1) is 5.69 Å². The van der Waals surface area contributed by atoms with Crippen molar-refractivity contribution >= 4 is 16.6 Å². The maximum atomic E-state index is 7.72. The van der Waals surface area contributed by atoms with Gasteiger partial charge >= 0.3 is 0 Å². The summed E-state index contributed by atoms with van der Waals surface area (Å²) in [7, 11) is 0. The average Bonchev–Trinajstić information content (AvgIpc) is 2.59. The molecule has 0 aliphatic heterocycles. The zero-order valence-electron chi connectivity index (χ0n) is 8.14. The van der Waals surface area contributed by atoms with E-state index in [0.29, 0.717) is 5.69 Å². The van der Waals surface area contributed by atoms with Gasteiger partial charge in [-0.25, -0.2) is 0 Å². The Morgan fingerprint density at radius 3 is 2.93 bits per heavy atom. The number of hydrogen-bond donors (Lipinski definition) is 1. The van der Waals surface area contributed by atoms with Gasteiger partial charge in [-0.05, 0) is 31.0 Å². The molecule has 2 heteroatoms. The predicted molar refractivity (Wildman–Crippen MR) is 59.4 cm³/mol.